The second kappa shape index (κ2) is 6.28. The Morgan fingerprint density at radius 3 is 2.35 bits per heavy atom. The Labute approximate surface area is 124 Å². The van der Waals surface area contributed by atoms with Crippen molar-refractivity contribution < 1.29 is 0 Å². The molecule has 2 nitrogen and oxygen atoms in total. The van der Waals surface area contributed by atoms with Gasteiger partial charge < -0.3 is 5.73 Å². The van der Waals surface area contributed by atoms with Gasteiger partial charge >= 0.3 is 0 Å². The van der Waals surface area contributed by atoms with Crippen molar-refractivity contribution in [3.8, 4) is 0 Å². The van der Waals surface area contributed by atoms with E-state index in [-0.39, 0.29) is 6.04 Å². The summed E-state index contributed by atoms with van der Waals surface area (Å²) in [6.07, 6.45) is 3.87. The Bertz CT molecular complexity index is 420. The van der Waals surface area contributed by atoms with Crippen LogP contribution in [0.2, 0.25) is 0 Å². The molecule has 0 amide bonds. The van der Waals surface area contributed by atoms with E-state index in [2.05, 4.69) is 56.9 Å². The van der Waals surface area contributed by atoms with Crippen molar-refractivity contribution in [1.29, 1.82) is 0 Å². The van der Waals surface area contributed by atoms with Crippen LogP contribution in [-0.4, -0.2) is 24.0 Å². The van der Waals surface area contributed by atoms with Gasteiger partial charge in [0.2, 0.25) is 0 Å². The largest absolute Gasteiger partial charge is 0.326 e. The normalized spacial score (nSPS) is 23.1. The monoisotopic (exact) mass is 274 g/mol. The molecule has 0 aliphatic carbocycles. The van der Waals surface area contributed by atoms with Crippen molar-refractivity contribution in [1.82, 2.24) is 4.90 Å². The van der Waals surface area contributed by atoms with Crippen LogP contribution in [0, 0.1) is 12.3 Å². The standard InChI is InChI=1S/C18H30N2/c1-14-6-8-16(9-7-14)17(15(2)19)20-12-5-10-18(3,4)11-13-20/h6-9,15,17H,5,10-13,19H2,1-4H3. The molecule has 2 atom stereocenters. The molecule has 2 N–H and O–H groups in total. The molecular formula is C18H30N2. The molecule has 1 aromatic rings. The van der Waals surface area contributed by atoms with E-state index in [4.69, 9.17) is 5.73 Å². The zero-order valence-electron chi connectivity index (χ0n) is 13.5. The molecule has 0 radical (unpaired) electrons. The van der Waals surface area contributed by atoms with Crippen LogP contribution in [0.5, 0.6) is 0 Å². The van der Waals surface area contributed by atoms with E-state index in [1.165, 1.54) is 36.9 Å². The summed E-state index contributed by atoms with van der Waals surface area (Å²) in [5.41, 5.74) is 9.47. The van der Waals surface area contributed by atoms with Crippen molar-refractivity contribution in [2.45, 2.75) is 59.0 Å². The van der Waals surface area contributed by atoms with Crippen molar-refractivity contribution in [2.75, 3.05) is 13.1 Å². The molecule has 0 saturated carbocycles. The van der Waals surface area contributed by atoms with Crippen LogP contribution in [-0.2, 0) is 0 Å². The average Bonchev–Trinajstić information content (AvgIpc) is 2.53. The minimum Gasteiger partial charge on any atom is -0.326 e. The van der Waals surface area contributed by atoms with Gasteiger partial charge in [0, 0.05) is 12.1 Å². The molecule has 1 aromatic carbocycles. The van der Waals surface area contributed by atoms with E-state index < -0.39 is 0 Å². The van der Waals surface area contributed by atoms with Crippen LogP contribution in [0.3, 0.4) is 0 Å². The van der Waals surface area contributed by atoms with Crippen LogP contribution in [0.1, 0.15) is 57.2 Å². The Morgan fingerprint density at radius 1 is 1.10 bits per heavy atom. The van der Waals surface area contributed by atoms with E-state index in [1.54, 1.807) is 0 Å². The van der Waals surface area contributed by atoms with Gasteiger partial charge in [0.25, 0.3) is 0 Å². The first kappa shape index (κ1) is 15.5. The lowest BCUT2D eigenvalue weighted by atomic mass is 9.85. The molecule has 1 fully saturated rings. The lowest BCUT2D eigenvalue weighted by molar-refractivity contribution is 0.176. The highest BCUT2D eigenvalue weighted by molar-refractivity contribution is 5.25. The minimum atomic E-state index is 0.166. The molecular weight excluding hydrogens is 244 g/mol. The molecule has 20 heavy (non-hydrogen) atoms. The van der Waals surface area contributed by atoms with Crippen LogP contribution < -0.4 is 5.73 Å². The fourth-order valence-corrected chi connectivity index (χ4v) is 3.33. The molecule has 2 heteroatoms. The molecule has 2 rings (SSSR count). The average molecular weight is 274 g/mol. The highest BCUT2D eigenvalue weighted by atomic mass is 15.2. The molecule has 0 aromatic heterocycles. The molecule has 1 saturated heterocycles. The topological polar surface area (TPSA) is 29.3 Å². The van der Waals surface area contributed by atoms with Gasteiger partial charge in [0.05, 0.1) is 0 Å². The Balaban J connectivity index is 2.18. The van der Waals surface area contributed by atoms with E-state index in [1.807, 2.05) is 0 Å². The maximum atomic E-state index is 6.31. The Kier molecular flexibility index (Phi) is 4.87. The lowest BCUT2D eigenvalue weighted by Gasteiger charge is -2.34. The molecule has 0 bridgehead atoms. The summed E-state index contributed by atoms with van der Waals surface area (Å²) in [5, 5.41) is 0. The summed E-state index contributed by atoms with van der Waals surface area (Å²) in [5.74, 6) is 0. The first-order valence-corrected chi connectivity index (χ1v) is 7.95. The first-order chi connectivity index (χ1) is 9.39. The maximum Gasteiger partial charge on any atom is 0.0496 e. The summed E-state index contributed by atoms with van der Waals surface area (Å²) in [6.45, 7) is 11.4. The molecule has 1 aliphatic heterocycles. The smallest absolute Gasteiger partial charge is 0.0496 e. The van der Waals surface area contributed by atoms with Gasteiger partial charge in [-0.05, 0) is 57.2 Å². The van der Waals surface area contributed by atoms with Crippen molar-refractivity contribution >= 4 is 0 Å². The van der Waals surface area contributed by atoms with E-state index in [9.17, 15) is 0 Å². The van der Waals surface area contributed by atoms with Crippen molar-refractivity contribution in [2.24, 2.45) is 11.1 Å². The highest BCUT2D eigenvalue weighted by Gasteiger charge is 2.29. The van der Waals surface area contributed by atoms with Gasteiger partial charge in [-0.2, -0.15) is 0 Å². The van der Waals surface area contributed by atoms with Gasteiger partial charge in [0.1, 0.15) is 0 Å². The van der Waals surface area contributed by atoms with Gasteiger partial charge in [-0.15, -0.1) is 0 Å². The number of nitrogens with two attached hydrogens (primary N) is 1. The SMILES string of the molecule is Cc1ccc(C(C(C)N)N2CCCC(C)(C)CC2)cc1. The molecule has 2 unspecified atom stereocenters. The van der Waals surface area contributed by atoms with E-state index in [0.29, 0.717) is 11.5 Å². The number of hydrogen-bond donors (Lipinski definition) is 1. The second-order valence-corrected chi connectivity index (χ2v) is 7.27. The van der Waals surface area contributed by atoms with Crippen LogP contribution in [0.4, 0.5) is 0 Å². The van der Waals surface area contributed by atoms with Crippen LogP contribution in [0.15, 0.2) is 24.3 Å². The third kappa shape index (κ3) is 3.83. The van der Waals surface area contributed by atoms with Gasteiger partial charge in [-0.3, -0.25) is 4.90 Å². The highest BCUT2D eigenvalue weighted by Crippen LogP contribution is 2.34. The van der Waals surface area contributed by atoms with Crippen molar-refractivity contribution in [3.05, 3.63) is 35.4 Å². The van der Waals surface area contributed by atoms with E-state index >= 15 is 0 Å². The zero-order valence-corrected chi connectivity index (χ0v) is 13.5. The maximum absolute atomic E-state index is 6.31. The Hall–Kier alpha value is -0.860. The van der Waals surface area contributed by atoms with E-state index in [0.717, 1.165) is 6.54 Å². The number of benzene rings is 1. The molecule has 1 heterocycles. The van der Waals surface area contributed by atoms with Gasteiger partial charge in [0.15, 0.2) is 0 Å². The summed E-state index contributed by atoms with van der Waals surface area (Å²) >= 11 is 0. The number of rotatable bonds is 3. The number of hydrogen-bond acceptors (Lipinski definition) is 2. The summed E-state index contributed by atoms with van der Waals surface area (Å²) in [4.78, 5) is 2.60. The minimum absolute atomic E-state index is 0.166. The molecule has 0 spiro atoms. The fraction of sp³-hybridized carbons (Fsp3) is 0.667. The zero-order chi connectivity index (χ0) is 14.8. The third-order valence-electron chi connectivity index (χ3n) is 4.68. The van der Waals surface area contributed by atoms with Crippen LogP contribution in [0.25, 0.3) is 0 Å². The fourth-order valence-electron chi connectivity index (χ4n) is 3.33. The van der Waals surface area contributed by atoms with Gasteiger partial charge in [-0.25, -0.2) is 0 Å². The quantitative estimate of drug-likeness (QED) is 0.906. The first-order valence-electron chi connectivity index (χ1n) is 7.95. The van der Waals surface area contributed by atoms with Crippen LogP contribution >= 0.6 is 0 Å². The molecule has 112 valence electrons. The predicted molar refractivity (Wildman–Crippen MR) is 86.8 cm³/mol. The summed E-state index contributed by atoms with van der Waals surface area (Å²) in [7, 11) is 0. The lowest BCUT2D eigenvalue weighted by Crippen LogP contribution is -2.40. The Morgan fingerprint density at radius 2 is 1.75 bits per heavy atom. The summed E-state index contributed by atoms with van der Waals surface area (Å²) in [6, 6.07) is 9.42. The second-order valence-electron chi connectivity index (χ2n) is 7.27. The molecule has 1 aliphatic rings. The summed E-state index contributed by atoms with van der Waals surface area (Å²) < 4.78 is 0. The number of aryl methyl sites for hydroxylation is 1. The number of likely N-dealkylation sites (tertiary alicyclic amines) is 1. The predicted octanol–water partition coefficient (Wildman–Crippen LogP) is 3.90. The van der Waals surface area contributed by atoms with Crippen molar-refractivity contribution in [3.63, 3.8) is 0 Å². The number of nitrogens with zero attached hydrogens (tertiary/aromatic N) is 1. The third-order valence-corrected chi connectivity index (χ3v) is 4.68. The van der Waals surface area contributed by atoms with Gasteiger partial charge in [-0.1, -0.05) is 43.7 Å².